The Labute approximate surface area is 213 Å². The zero-order valence-electron chi connectivity index (χ0n) is 21.7. The molecule has 0 amide bonds. The molecule has 1 aliphatic carbocycles. The van der Waals surface area contributed by atoms with Gasteiger partial charge in [-0.15, -0.1) is 5.10 Å². The monoisotopic (exact) mass is 493 g/mol. The molecular formula is C28H39N5O3. The number of ether oxygens (including phenoxy) is 2. The van der Waals surface area contributed by atoms with Crippen LogP contribution in [0.5, 0.6) is 0 Å². The third-order valence-corrected chi connectivity index (χ3v) is 7.75. The van der Waals surface area contributed by atoms with Crippen molar-refractivity contribution in [3.05, 3.63) is 47.8 Å². The van der Waals surface area contributed by atoms with Crippen molar-refractivity contribution in [2.75, 3.05) is 45.3 Å². The lowest BCUT2D eigenvalue weighted by Crippen LogP contribution is -2.37. The van der Waals surface area contributed by atoms with Gasteiger partial charge in [0.1, 0.15) is 0 Å². The largest absolute Gasteiger partial charge is 0.393 e. The number of fused-ring (bicyclic) bond motifs is 1. The normalized spacial score (nSPS) is 23.0. The third-order valence-electron chi connectivity index (χ3n) is 7.75. The first kappa shape index (κ1) is 25.1. The van der Waals surface area contributed by atoms with E-state index in [0.29, 0.717) is 24.5 Å². The van der Waals surface area contributed by atoms with Crippen molar-refractivity contribution in [3.63, 3.8) is 0 Å². The highest BCUT2D eigenvalue weighted by Gasteiger charge is 2.26. The van der Waals surface area contributed by atoms with E-state index >= 15 is 0 Å². The predicted molar refractivity (Wildman–Crippen MR) is 141 cm³/mol. The van der Waals surface area contributed by atoms with Crippen molar-refractivity contribution < 1.29 is 14.6 Å². The van der Waals surface area contributed by atoms with Crippen molar-refractivity contribution in [2.24, 2.45) is 0 Å². The number of anilines is 1. The van der Waals surface area contributed by atoms with Crippen LogP contribution in [0.2, 0.25) is 0 Å². The Kier molecular flexibility index (Phi) is 7.86. The van der Waals surface area contributed by atoms with Crippen LogP contribution in [0.4, 0.5) is 5.95 Å². The molecule has 5 rings (SSSR count). The Hall–Kier alpha value is -2.52. The fourth-order valence-electron chi connectivity index (χ4n) is 5.60. The third kappa shape index (κ3) is 5.42. The van der Waals surface area contributed by atoms with E-state index in [-0.39, 0.29) is 12.1 Å². The van der Waals surface area contributed by atoms with Crippen LogP contribution in [-0.4, -0.2) is 76.8 Å². The number of nitrogens with one attached hydrogen (secondary N) is 1. The van der Waals surface area contributed by atoms with Crippen molar-refractivity contribution in [2.45, 2.75) is 63.6 Å². The maximum atomic E-state index is 10.1. The van der Waals surface area contributed by atoms with Gasteiger partial charge in [0, 0.05) is 49.5 Å². The van der Waals surface area contributed by atoms with Gasteiger partial charge in [-0.3, -0.25) is 4.90 Å². The van der Waals surface area contributed by atoms with E-state index in [9.17, 15) is 5.11 Å². The summed E-state index contributed by atoms with van der Waals surface area (Å²) in [5.74, 6) is 0.968. The van der Waals surface area contributed by atoms with E-state index in [1.165, 1.54) is 16.8 Å². The second kappa shape index (κ2) is 11.3. The van der Waals surface area contributed by atoms with Gasteiger partial charge in [0.2, 0.25) is 5.95 Å². The maximum absolute atomic E-state index is 10.1. The predicted octanol–water partition coefficient (Wildman–Crippen LogP) is 4.25. The molecular weight excluding hydrogens is 454 g/mol. The maximum Gasteiger partial charge on any atom is 0.241 e. The number of hydrogen-bond acceptors (Lipinski definition) is 7. The summed E-state index contributed by atoms with van der Waals surface area (Å²) >= 11 is 0. The molecule has 1 unspecified atom stereocenters. The molecule has 2 fully saturated rings. The highest BCUT2D eigenvalue weighted by atomic mass is 16.5. The summed E-state index contributed by atoms with van der Waals surface area (Å²) in [4.78, 5) is 7.12. The molecule has 1 aliphatic heterocycles. The Morgan fingerprint density at radius 3 is 2.53 bits per heavy atom. The van der Waals surface area contributed by atoms with Gasteiger partial charge in [-0.1, -0.05) is 24.3 Å². The molecule has 0 bridgehead atoms. The van der Waals surface area contributed by atoms with E-state index in [1.807, 2.05) is 6.20 Å². The van der Waals surface area contributed by atoms with Gasteiger partial charge >= 0.3 is 0 Å². The summed E-state index contributed by atoms with van der Waals surface area (Å²) in [6.07, 6.45) is 5.35. The van der Waals surface area contributed by atoms with Crippen molar-refractivity contribution in [1.82, 2.24) is 19.5 Å². The molecule has 1 saturated carbocycles. The number of nitrogens with zero attached hydrogens (tertiary/aromatic N) is 4. The molecule has 3 heterocycles. The molecule has 2 aliphatic rings. The average molecular weight is 494 g/mol. The van der Waals surface area contributed by atoms with Gasteiger partial charge in [-0.25, -0.2) is 9.50 Å². The minimum Gasteiger partial charge on any atom is -0.393 e. The highest BCUT2D eigenvalue weighted by Crippen LogP contribution is 2.38. The molecule has 8 nitrogen and oxygen atoms in total. The van der Waals surface area contributed by atoms with Crippen LogP contribution in [0, 0.1) is 0 Å². The number of aliphatic hydroxyl groups excluding tert-OH is 1. The summed E-state index contributed by atoms with van der Waals surface area (Å²) in [6, 6.07) is 11.7. The first-order valence-corrected chi connectivity index (χ1v) is 13.3. The van der Waals surface area contributed by atoms with Crippen molar-refractivity contribution >= 4 is 11.5 Å². The van der Waals surface area contributed by atoms with Gasteiger partial charge in [0.15, 0.2) is 0 Å². The van der Waals surface area contributed by atoms with Crippen LogP contribution in [0.15, 0.2) is 36.5 Å². The van der Waals surface area contributed by atoms with Crippen LogP contribution in [0.3, 0.4) is 0 Å². The lowest BCUT2D eigenvalue weighted by molar-refractivity contribution is 0.0198. The summed E-state index contributed by atoms with van der Waals surface area (Å²) in [5.41, 5.74) is 5.85. The first-order chi connectivity index (χ1) is 17.5. The number of methoxy groups -OCH3 is 1. The van der Waals surface area contributed by atoms with E-state index in [2.05, 4.69) is 63.9 Å². The molecule has 0 spiro atoms. The molecule has 3 aromatic rings. The number of aromatic nitrogens is 3. The number of morpholine rings is 1. The summed E-state index contributed by atoms with van der Waals surface area (Å²) < 4.78 is 12.9. The quantitative estimate of drug-likeness (QED) is 0.485. The number of hydrogen-bond donors (Lipinski definition) is 2. The van der Waals surface area contributed by atoms with Crippen LogP contribution < -0.4 is 5.32 Å². The molecule has 2 aromatic heterocycles. The first-order valence-electron chi connectivity index (χ1n) is 13.3. The summed E-state index contributed by atoms with van der Waals surface area (Å²) in [6.45, 7) is 8.48. The van der Waals surface area contributed by atoms with Gasteiger partial charge in [-0.2, -0.15) is 0 Å². The smallest absolute Gasteiger partial charge is 0.241 e. The number of rotatable bonds is 8. The Morgan fingerprint density at radius 1 is 1.11 bits per heavy atom. The Morgan fingerprint density at radius 2 is 1.83 bits per heavy atom. The molecule has 194 valence electrons. The molecule has 2 N–H and O–H groups in total. The fourth-order valence-corrected chi connectivity index (χ4v) is 5.60. The van der Waals surface area contributed by atoms with Gasteiger partial charge in [-0.05, 0) is 56.7 Å². The second-order valence-corrected chi connectivity index (χ2v) is 10.3. The standard InChI is InChI=1S/C28H39N5O3/c1-19(18-35-3)30-28-29-17-27-25(16-26(33(27)31-28)23-8-10-24(34)11-9-23)22-6-4-21(5-7-22)20(2)32-12-14-36-15-13-32/h4-7,16-17,19-20,23-24,34H,8-15,18H2,1-3H3,(H,30,31)/t19-,20?,23?,24?/m0/s1. The second-order valence-electron chi connectivity index (χ2n) is 10.3. The van der Waals surface area contributed by atoms with Gasteiger partial charge < -0.3 is 19.9 Å². The average Bonchev–Trinajstić information content (AvgIpc) is 3.28. The van der Waals surface area contributed by atoms with Crippen LogP contribution >= 0.6 is 0 Å². The Bertz CT molecular complexity index is 1130. The lowest BCUT2D eigenvalue weighted by atomic mass is 9.85. The van der Waals surface area contributed by atoms with Gasteiger partial charge in [0.25, 0.3) is 0 Å². The Balaban J connectivity index is 1.47. The van der Waals surface area contributed by atoms with E-state index < -0.39 is 0 Å². The molecule has 2 atom stereocenters. The van der Waals surface area contributed by atoms with Gasteiger partial charge in [0.05, 0.1) is 37.6 Å². The van der Waals surface area contributed by atoms with Crippen LogP contribution in [0.25, 0.3) is 16.6 Å². The van der Waals surface area contributed by atoms with E-state index in [1.54, 1.807) is 7.11 Å². The van der Waals surface area contributed by atoms with E-state index in [4.69, 9.17) is 14.6 Å². The minimum absolute atomic E-state index is 0.108. The zero-order valence-corrected chi connectivity index (χ0v) is 21.7. The van der Waals surface area contributed by atoms with Crippen molar-refractivity contribution in [1.29, 1.82) is 0 Å². The molecule has 1 saturated heterocycles. The lowest BCUT2D eigenvalue weighted by Gasteiger charge is -2.32. The van der Waals surface area contributed by atoms with Crippen molar-refractivity contribution in [3.8, 4) is 11.1 Å². The van der Waals surface area contributed by atoms with Crippen LogP contribution in [0.1, 0.15) is 62.7 Å². The molecule has 0 radical (unpaired) electrons. The topological polar surface area (TPSA) is 84.2 Å². The summed E-state index contributed by atoms with van der Waals surface area (Å²) in [5, 5.41) is 18.3. The SMILES string of the molecule is COC[C@H](C)Nc1ncc2c(-c3ccc(C(C)N4CCOCC4)cc3)cc(C3CCC(O)CC3)n2n1. The minimum atomic E-state index is -0.185. The van der Waals surface area contributed by atoms with Crippen LogP contribution in [-0.2, 0) is 9.47 Å². The highest BCUT2D eigenvalue weighted by molar-refractivity contribution is 5.81. The molecule has 8 heteroatoms. The fraction of sp³-hybridized carbons (Fsp3) is 0.571. The molecule has 36 heavy (non-hydrogen) atoms. The number of benzene rings is 1. The number of aliphatic hydroxyl groups is 1. The zero-order chi connectivity index (χ0) is 25.1. The van der Waals surface area contributed by atoms with E-state index in [0.717, 1.165) is 63.1 Å². The molecule has 1 aromatic carbocycles. The summed E-state index contributed by atoms with van der Waals surface area (Å²) in [7, 11) is 1.70.